The quantitative estimate of drug-likeness (QED) is 0.751. The van der Waals surface area contributed by atoms with Crippen molar-refractivity contribution in [3.05, 3.63) is 23.8 Å². The van der Waals surface area contributed by atoms with Crippen LogP contribution < -0.4 is 20.1 Å². The van der Waals surface area contributed by atoms with Crippen LogP contribution in [0, 0.1) is 0 Å². The number of methoxy groups -OCH3 is 1. The third-order valence-corrected chi connectivity index (χ3v) is 4.65. The monoisotopic (exact) mass is 349 g/mol. The molecule has 0 saturated carbocycles. The summed E-state index contributed by atoms with van der Waals surface area (Å²) in [6.45, 7) is 6.86. The Morgan fingerprint density at radius 1 is 1.40 bits per heavy atom. The van der Waals surface area contributed by atoms with E-state index in [0.29, 0.717) is 24.9 Å². The number of hydrogen-bond donors (Lipinski definition) is 2. The molecule has 2 N–H and O–H groups in total. The number of ether oxygens (including phenoxy) is 2. The van der Waals surface area contributed by atoms with E-state index in [1.165, 1.54) is 6.42 Å². The highest BCUT2D eigenvalue weighted by Gasteiger charge is 2.21. The zero-order chi connectivity index (χ0) is 18.2. The molecule has 1 aromatic rings. The molecule has 6 nitrogen and oxygen atoms in total. The van der Waals surface area contributed by atoms with Gasteiger partial charge in [-0.3, -0.25) is 9.69 Å². The van der Waals surface area contributed by atoms with Crippen LogP contribution in [-0.4, -0.2) is 57.2 Å². The van der Waals surface area contributed by atoms with Crippen LogP contribution in [0.3, 0.4) is 0 Å². The van der Waals surface area contributed by atoms with E-state index >= 15 is 0 Å². The summed E-state index contributed by atoms with van der Waals surface area (Å²) in [6.07, 6.45) is 2.31. The first kappa shape index (κ1) is 19.5. The van der Waals surface area contributed by atoms with Gasteiger partial charge in [0.1, 0.15) is 0 Å². The van der Waals surface area contributed by atoms with Gasteiger partial charge in [0.2, 0.25) is 5.91 Å². The Morgan fingerprint density at radius 2 is 2.20 bits per heavy atom. The number of carbonyl (C=O) groups excluding carboxylic acids is 1. The van der Waals surface area contributed by atoms with Crippen LogP contribution >= 0.6 is 0 Å². The van der Waals surface area contributed by atoms with Crippen molar-refractivity contribution in [2.24, 2.45) is 0 Å². The van der Waals surface area contributed by atoms with Gasteiger partial charge in [-0.05, 0) is 58.0 Å². The average Bonchev–Trinajstić information content (AvgIpc) is 2.62. The number of likely N-dealkylation sites (N-methyl/N-ethyl adjacent to an activating group) is 1. The molecule has 1 amide bonds. The van der Waals surface area contributed by atoms with E-state index in [4.69, 9.17) is 9.47 Å². The van der Waals surface area contributed by atoms with E-state index in [1.54, 1.807) is 7.11 Å². The topological polar surface area (TPSA) is 62.8 Å². The second kappa shape index (κ2) is 9.63. The summed E-state index contributed by atoms with van der Waals surface area (Å²) in [6, 6.07) is 6.18. The predicted octanol–water partition coefficient (Wildman–Crippen LogP) is 1.95. The molecule has 2 rings (SSSR count). The lowest BCUT2D eigenvalue weighted by Gasteiger charge is -2.32. The van der Waals surface area contributed by atoms with E-state index < -0.39 is 0 Å². The number of amides is 1. The maximum absolute atomic E-state index is 12.4. The smallest absolute Gasteiger partial charge is 0.234 e. The summed E-state index contributed by atoms with van der Waals surface area (Å²) in [4.78, 5) is 14.6. The minimum Gasteiger partial charge on any atom is -0.493 e. The Kier molecular flexibility index (Phi) is 7.52. The number of hydrogen-bond acceptors (Lipinski definition) is 5. The van der Waals surface area contributed by atoms with Gasteiger partial charge in [0, 0.05) is 12.6 Å². The minimum absolute atomic E-state index is 0.0529. The molecule has 2 atom stereocenters. The van der Waals surface area contributed by atoms with E-state index in [1.807, 2.05) is 39.1 Å². The first-order valence-corrected chi connectivity index (χ1v) is 9.07. The van der Waals surface area contributed by atoms with Crippen molar-refractivity contribution in [1.29, 1.82) is 0 Å². The molecule has 0 aromatic heterocycles. The molecule has 0 radical (unpaired) electrons. The number of nitrogens with one attached hydrogen (secondary N) is 2. The van der Waals surface area contributed by atoms with Gasteiger partial charge in [0.25, 0.3) is 0 Å². The van der Waals surface area contributed by atoms with Crippen molar-refractivity contribution in [3.8, 4) is 11.5 Å². The van der Waals surface area contributed by atoms with Crippen molar-refractivity contribution >= 4 is 5.91 Å². The zero-order valence-electron chi connectivity index (χ0n) is 15.8. The summed E-state index contributed by atoms with van der Waals surface area (Å²) < 4.78 is 10.9. The highest BCUT2D eigenvalue weighted by atomic mass is 16.5. The fraction of sp³-hybridized carbons (Fsp3) is 0.632. The van der Waals surface area contributed by atoms with Crippen LogP contribution in [0.2, 0.25) is 0 Å². The van der Waals surface area contributed by atoms with Gasteiger partial charge in [-0.2, -0.15) is 0 Å². The highest BCUT2D eigenvalue weighted by Crippen LogP contribution is 2.30. The van der Waals surface area contributed by atoms with Crippen molar-refractivity contribution in [2.75, 3.05) is 40.4 Å². The van der Waals surface area contributed by atoms with Gasteiger partial charge in [0.15, 0.2) is 11.5 Å². The number of rotatable bonds is 8. The van der Waals surface area contributed by atoms with Gasteiger partial charge in [-0.15, -0.1) is 0 Å². The highest BCUT2D eigenvalue weighted by molar-refractivity contribution is 5.78. The second-order valence-corrected chi connectivity index (χ2v) is 6.50. The van der Waals surface area contributed by atoms with Gasteiger partial charge >= 0.3 is 0 Å². The summed E-state index contributed by atoms with van der Waals surface area (Å²) >= 11 is 0. The maximum atomic E-state index is 12.4. The molecule has 0 bridgehead atoms. The Bertz CT molecular complexity index is 565. The molecule has 1 aromatic carbocycles. The third kappa shape index (κ3) is 5.61. The molecule has 1 aliphatic rings. The van der Waals surface area contributed by atoms with Gasteiger partial charge in [0.05, 0.1) is 26.3 Å². The lowest BCUT2D eigenvalue weighted by Crippen LogP contribution is -2.48. The van der Waals surface area contributed by atoms with Crippen LogP contribution in [0.5, 0.6) is 11.5 Å². The summed E-state index contributed by atoms with van der Waals surface area (Å²) in [5, 5.41) is 6.38. The molecule has 1 heterocycles. The van der Waals surface area contributed by atoms with Crippen molar-refractivity contribution in [3.63, 3.8) is 0 Å². The molecule has 1 aliphatic heterocycles. The Labute approximate surface area is 150 Å². The zero-order valence-corrected chi connectivity index (χ0v) is 15.8. The van der Waals surface area contributed by atoms with Gasteiger partial charge in [-0.25, -0.2) is 0 Å². The molecule has 1 fully saturated rings. The molecule has 0 aliphatic carbocycles. The van der Waals surface area contributed by atoms with Crippen LogP contribution in [0.15, 0.2) is 18.2 Å². The van der Waals surface area contributed by atoms with Gasteiger partial charge in [-0.1, -0.05) is 6.07 Å². The first-order valence-electron chi connectivity index (χ1n) is 9.07. The lowest BCUT2D eigenvalue weighted by atomic mass is 10.1. The van der Waals surface area contributed by atoms with E-state index in [9.17, 15) is 4.79 Å². The Morgan fingerprint density at radius 3 is 2.88 bits per heavy atom. The van der Waals surface area contributed by atoms with E-state index in [0.717, 1.165) is 30.8 Å². The summed E-state index contributed by atoms with van der Waals surface area (Å²) in [5.41, 5.74) is 1.00. The molecule has 0 spiro atoms. The third-order valence-electron chi connectivity index (χ3n) is 4.65. The van der Waals surface area contributed by atoms with Crippen LogP contribution in [0.4, 0.5) is 0 Å². The maximum Gasteiger partial charge on any atom is 0.234 e. The Balaban J connectivity index is 1.92. The largest absolute Gasteiger partial charge is 0.493 e. The van der Waals surface area contributed by atoms with Crippen molar-refractivity contribution < 1.29 is 14.3 Å². The van der Waals surface area contributed by atoms with Crippen molar-refractivity contribution in [2.45, 2.75) is 38.8 Å². The molecule has 140 valence electrons. The first-order chi connectivity index (χ1) is 12.1. The Hall–Kier alpha value is -1.79. The molecular formula is C19H31N3O3. The number of benzene rings is 1. The standard InChI is InChI=1S/C19H31N3O3/c1-5-25-17-9-8-15(11-18(17)24-4)14(2)21-19(23)13-22-10-6-7-16(12-22)20-3/h8-9,11,14,16,20H,5-7,10,12-13H2,1-4H3,(H,21,23). The lowest BCUT2D eigenvalue weighted by molar-refractivity contribution is -0.123. The van der Waals surface area contributed by atoms with Crippen LogP contribution in [0.25, 0.3) is 0 Å². The normalized spacial score (nSPS) is 19.3. The molecule has 2 unspecified atom stereocenters. The fourth-order valence-electron chi connectivity index (χ4n) is 3.24. The fourth-order valence-corrected chi connectivity index (χ4v) is 3.24. The van der Waals surface area contributed by atoms with Crippen molar-refractivity contribution in [1.82, 2.24) is 15.5 Å². The molecular weight excluding hydrogens is 318 g/mol. The number of carbonyl (C=O) groups is 1. The molecule has 25 heavy (non-hydrogen) atoms. The van der Waals surface area contributed by atoms with E-state index in [-0.39, 0.29) is 11.9 Å². The minimum atomic E-state index is -0.0815. The van der Waals surface area contributed by atoms with Crippen LogP contribution in [0.1, 0.15) is 38.3 Å². The number of piperidine rings is 1. The predicted molar refractivity (Wildman–Crippen MR) is 99.2 cm³/mol. The number of nitrogens with zero attached hydrogens (tertiary/aromatic N) is 1. The molecule has 6 heteroatoms. The van der Waals surface area contributed by atoms with Gasteiger partial charge < -0.3 is 20.1 Å². The summed E-state index contributed by atoms with van der Waals surface area (Å²) in [5.74, 6) is 1.46. The van der Waals surface area contributed by atoms with Crippen LogP contribution in [-0.2, 0) is 4.79 Å². The summed E-state index contributed by atoms with van der Waals surface area (Å²) in [7, 11) is 3.61. The van der Waals surface area contributed by atoms with E-state index in [2.05, 4.69) is 15.5 Å². The molecule has 1 saturated heterocycles. The average molecular weight is 349 g/mol. The number of likely N-dealkylation sites (tertiary alicyclic amines) is 1. The second-order valence-electron chi connectivity index (χ2n) is 6.50. The SMILES string of the molecule is CCOc1ccc(C(C)NC(=O)CN2CCCC(NC)C2)cc1OC.